The van der Waals surface area contributed by atoms with Gasteiger partial charge in [-0.2, -0.15) is 22.7 Å². The summed E-state index contributed by atoms with van der Waals surface area (Å²) in [4.78, 5) is 10.7. The smallest absolute Gasteiger partial charge is 0.393 e. The molecule has 1 N–H and O–H groups in total. The molecule has 1 fully saturated rings. The Hall–Kier alpha value is -1.83. The van der Waals surface area contributed by atoms with Gasteiger partial charge in [0.2, 0.25) is 10.0 Å². The molecule has 1 aliphatic rings. The van der Waals surface area contributed by atoms with Crippen molar-refractivity contribution >= 4 is 28.4 Å². The van der Waals surface area contributed by atoms with Crippen molar-refractivity contribution in [3.05, 3.63) is 29.8 Å². The van der Waals surface area contributed by atoms with E-state index in [1.165, 1.54) is 12.1 Å². The first-order valence-electron chi connectivity index (χ1n) is 6.37. The molecular weight excluding hydrogens is 373 g/mol. The molecule has 2 rings (SSSR count). The van der Waals surface area contributed by atoms with Crippen molar-refractivity contribution in [2.45, 2.75) is 11.1 Å². The van der Waals surface area contributed by atoms with Crippen LogP contribution in [0.5, 0.6) is 0 Å². The molecule has 132 valence electrons. The standard InChI is InChI=1S/C13H11F3N2O4S.ClH/c14-13(15,16)11-7-18(6-10(11)12(19)20)23(21,22)9-3-1-8(5-17)2-4-9;/h1-4,10-11H,6-7H2,(H,19,20);1H/t10-,11-;/m1./s1. The predicted molar refractivity (Wildman–Crippen MR) is 77.8 cm³/mol. The summed E-state index contributed by atoms with van der Waals surface area (Å²) >= 11 is 0. The molecule has 0 radical (unpaired) electrons. The van der Waals surface area contributed by atoms with E-state index in [-0.39, 0.29) is 22.9 Å². The van der Waals surface area contributed by atoms with Crippen molar-refractivity contribution in [2.75, 3.05) is 13.1 Å². The Bertz CT molecular complexity index is 759. The average molecular weight is 385 g/mol. The topological polar surface area (TPSA) is 98.5 Å². The fraction of sp³-hybridized carbons (Fsp3) is 0.385. The summed E-state index contributed by atoms with van der Waals surface area (Å²) in [6.45, 7) is -1.69. The van der Waals surface area contributed by atoms with E-state index in [2.05, 4.69) is 0 Å². The number of benzene rings is 1. The van der Waals surface area contributed by atoms with Gasteiger partial charge in [0.25, 0.3) is 0 Å². The quantitative estimate of drug-likeness (QED) is 0.857. The predicted octanol–water partition coefficient (Wildman–Crippen LogP) is 1.86. The van der Waals surface area contributed by atoms with Gasteiger partial charge in [-0.15, -0.1) is 12.4 Å². The number of hydrogen-bond acceptors (Lipinski definition) is 4. The van der Waals surface area contributed by atoms with Crippen LogP contribution in [0, 0.1) is 23.2 Å². The Morgan fingerprint density at radius 3 is 2.17 bits per heavy atom. The van der Waals surface area contributed by atoms with E-state index in [0.29, 0.717) is 4.31 Å². The second kappa shape index (κ2) is 6.96. The molecule has 0 amide bonds. The van der Waals surface area contributed by atoms with Crippen LogP contribution in [0.15, 0.2) is 29.2 Å². The molecule has 1 aromatic rings. The Kier molecular flexibility index (Phi) is 5.86. The lowest BCUT2D eigenvalue weighted by Crippen LogP contribution is -2.34. The molecule has 1 aliphatic heterocycles. The monoisotopic (exact) mass is 384 g/mol. The molecule has 0 spiro atoms. The van der Waals surface area contributed by atoms with E-state index in [9.17, 15) is 26.4 Å². The molecule has 0 aliphatic carbocycles. The molecule has 0 bridgehead atoms. The van der Waals surface area contributed by atoms with Gasteiger partial charge in [-0.25, -0.2) is 8.42 Å². The lowest BCUT2D eigenvalue weighted by Gasteiger charge is -2.18. The molecule has 1 heterocycles. The van der Waals surface area contributed by atoms with Gasteiger partial charge in [0, 0.05) is 13.1 Å². The fourth-order valence-electron chi connectivity index (χ4n) is 2.40. The van der Waals surface area contributed by atoms with E-state index in [1.54, 1.807) is 6.07 Å². The van der Waals surface area contributed by atoms with E-state index in [0.717, 1.165) is 12.1 Å². The average Bonchev–Trinajstić information content (AvgIpc) is 2.93. The Labute approximate surface area is 141 Å². The number of nitrogens with zero attached hydrogens (tertiary/aromatic N) is 2. The van der Waals surface area contributed by atoms with Crippen LogP contribution in [-0.2, 0) is 14.8 Å². The number of carboxylic acids is 1. The maximum atomic E-state index is 12.9. The zero-order valence-corrected chi connectivity index (χ0v) is 13.5. The summed E-state index contributed by atoms with van der Waals surface area (Å²) in [5.74, 6) is -5.79. The number of rotatable bonds is 3. The number of halogens is 4. The van der Waals surface area contributed by atoms with Crippen LogP contribution in [-0.4, -0.2) is 43.1 Å². The Morgan fingerprint density at radius 1 is 1.25 bits per heavy atom. The van der Waals surface area contributed by atoms with Crippen molar-refractivity contribution in [1.29, 1.82) is 5.26 Å². The van der Waals surface area contributed by atoms with E-state index in [1.807, 2.05) is 0 Å². The van der Waals surface area contributed by atoms with Crippen LogP contribution < -0.4 is 0 Å². The Morgan fingerprint density at radius 2 is 1.79 bits per heavy atom. The summed E-state index contributed by atoms with van der Waals surface area (Å²) < 4.78 is 64.0. The normalized spacial score (nSPS) is 21.8. The van der Waals surface area contributed by atoms with Gasteiger partial charge in [0.1, 0.15) is 0 Å². The third-order valence-electron chi connectivity index (χ3n) is 3.65. The van der Waals surface area contributed by atoms with Crippen molar-refractivity contribution in [3.63, 3.8) is 0 Å². The van der Waals surface area contributed by atoms with Gasteiger partial charge < -0.3 is 5.11 Å². The van der Waals surface area contributed by atoms with Crippen LogP contribution in [0.2, 0.25) is 0 Å². The lowest BCUT2D eigenvalue weighted by atomic mass is 9.96. The van der Waals surface area contributed by atoms with Crippen LogP contribution in [0.1, 0.15) is 5.56 Å². The minimum Gasteiger partial charge on any atom is -0.481 e. The van der Waals surface area contributed by atoms with Crippen molar-refractivity contribution < 1.29 is 31.5 Å². The van der Waals surface area contributed by atoms with Crippen molar-refractivity contribution in [2.24, 2.45) is 11.8 Å². The Balaban J connectivity index is 0.00000288. The second-order valence-corrected chi connectivity index (χ2v) is 6.99. The zero-order valence-electron chi connectivity index (χ0n) is 11.9. The third-order valence-corrected chi connectivity index (χ3v) is 5.49. The summed E-state index contributed by atoms with van der Waals surface area (Å²) in [6.07, 6.45) is -4.81. The first kappa shape index (κ1) is 20.2. The SMILES string of the molecule is Cl.N#Cc1ccc(S(=O)(=O)N2C[C@@H](C(F)(F)F)[C@H](C(=O)O)C2)cc1. The number of alkyl halides is 3. The first-order valence-corrected chi connectivity index (χ1v) is 7.81. The molecule has 0 saturated carbocycles. The van der Waals surface area contributed by atoms with Crippen LogP contribution >= 0.6 is 12.4 Å². The number of hydrogen-bond donors (Lipinski definition) is 1. The van der Waals surface area contributed by atoms with Gasteiger partial charge >= 0.3 is 12.1 Å². The van der Waals surface area contributed by atoms with Gasteiger partial charge in [0.15, 0.2) is 0 Å². The highest BCUT2D eigenvalue weighted by Crippen LogP contribution is 2.39. The largest absolute Gasteiger partial charge is 0.481 e. The number of aliphatic carboxylic acids is 1. The van der Waals surface area contributed by atoms with Gasteiger partial charge in [-0.1, -0.05) is 0 Å². The summed E-state index contributed by atoms with van der Waals surface area (Å²) in [7, 11) is -4.26. The summed E-state index contributed by atoms with van der Waals surface area (Å²) in [6, 6.07) is 6.43. The minimum atomic E-state index is -4.81. The van der Waals surface area contributed by atoms with Crippen LogP contribution in [0.25, 0.3) is 0 Å². The number of carboxylic acid groups (broad SMARTS) is 1. The molecule has 11 heteroatoms. The number of sulfonamides is 1. The van der Waals surface area contributed by atoms with E-state index >= 15 is 0 Å². The highest BCUT2D eigenvalue weighted by molar-refractivity contribution is 7.89. The number of nitriles is 1. The molecule has 6 nitrogen and oxygen atoms in total. The second-order valence-electron chi connectivity index (χ2n) is 5.05. The molecule has 2 atom stereocenters. The zero-order chi connectivity index (χ0) is 17.4. The molecule has 24 heavy (non-hydrogen) atoms. The number of carbonyl (C=O) groups is 1. The molecule has 1 saturated heterocycles. The molecule has 1 aromatic carbocycles. The highest BCUT2D eigenvalue weighted by Gasteiger charge is 2.54. The van der Waals surface area contributed by atoms with Crippen LogP contribution in [0.4, 0.5) is 13.2 Å². The molecular formula is C13H12ClF3N2O4S. The highest BCUT2D eigenvalue weighted by atomic mass is 35.5. The molecule has 0 aromatic heterocycles. The van der Waals surface area contributed by atoms with Gasteiger partial charge in [0.05, 0.1) is 28.4 Å². The maximum Gasteiger partial charge on any atom is 0.393 e. The van der Waals surface area contributed by atoms with Gasteiger partial charge in [-0.05, 0) is 24.3 Å². The van der Waals surface area contributed by atoms with Crippen LogP contribution in [0.3, 0.4) is 0 Å². The lowest BCUT2D eigenvalue weighted by molar-refractivity contribution is -0.187. The van der Waals surface area contributed by atoms with E-state index in [4.69, 9.17) is 10.4 Å². The van der Waals surface area contributed by atoms with E-state index < -0.39 is 47.1 Å². The first-order chi connectivity index (χ1) is 10.6. The fourth-order valence-corrected chi connectivity index (χ4v) is 3.89. The molecule has 0 unspecified atom stereocenters. The minimum absolute atomic E-state index is 0. The third kappa shape index (κ3) is 3.80. The van der Waals surface area contributed by atoms with Crippen molar-refractivity contribution in [1.82, 2.24) is 4.31 Å². The van der Waals surface area contributed by atoms with Crippen molar-refractivity contribution in [3.8, 4) is 6.07 Å². The summed E-state index contributed by atoms with van der Waals surface area (Å²) in [5, 5.41) is 17.6. The van der Waals surface area contributed by atoms with Gasteiger partial charge in [-0.3, -0.25) is 4.79 Å². The maximum absolute atomic E-state index is 12.9. The summed E-state index contributed by atoms with van der Waals surface area (Å²) in [5.41, 5.74) is 0.196.